The Kier molecular flexibility index (Phi) is 7.43. The Balaban J connectivity index is 1.16. The van der Waals surface area contributed by atoms with Crippen LogP contribution in [-0.4, -0.2) is 29.9 Å². The summed E-state index contributed by atoms with van der Waals surface area (Å²) in [6.45, 7) is 1.21. The Hall–Kier alpha value is -3.94. The molecule has 5 nitrogen and oxygen atoms in total. The normalized spacial score (nSPS) is 17.2. The maximum absolute atomic E-state index is 13.5. The van der Waals surface area contributed by atoms with Crippen molar-refractivity contribution in [1.29, 1.82) is 0 Å². The van der Waals surface area contributed by atoms with Crippen LogP contribution in [0.2, 0.25) is 0 Å². The lowest BCUT2D eigenvalue weighted by Gasteiger charge is -2.32. The molecule has 0 aliphatic carbocycles. The average molecular weight is 550 g/mol. The number of para-hydroxylation sites is 2. The minimum absolute atomic E-state index is 0.272. The van der Waals surface area contributed by atoms with Crippen LogP contribution in [0.4, 0.5) is 16.2 Å². The first-order valence-corrected chi connectivity index (χ1v) is 14.6. The largest absolute Gasteiger partial charge is 0.340 e. The zero-order valence-corrected chi connectivity index (χ0v) is 22.8. The van der Waals surface area contributed by atoms with Crippen LogP contribution in [0.1, 0.15) is 22.9 Å². The lowest BCUT2D eigenvalue weighted by Crippen LogP contribution is -2.42. The number of rotatable bonds is 6. The number of benzene rings is 4. The van der Waals surface area contributed by atoms with Gasteiger partial charge in [0.25, 0.3) is 5.91 Å². The molecule has 39 heavy (non-hydrogen) atoms. The summed E-state index contributed by atoms with van der Waals surface area (Å²) < 4.78 is 0. The van der Waals surface area contributed by atoms with Crippen molar-refractivity contribution < 1.29 is 9.59 Å². The van der Waals surface area contributed by atoms with Crippen molar-refractivity contribution >= 4 is 52.9 Å². The van der Waals surface area contributed by atoms with Gasteiger partial charge in [0.05, 0.1) is 16.3 Å². The van der Waals surface area contributed by atoms with E-state index < -0.39 is 5.37 Å². The van der Waals surface area contributed by atoms with Gasteiger partial charge in [-0.15, -0.1) is 0 Å². The molecule has 6 rings (SSSR count). The van der Waals surface area contributed by atoms with Crippen LogP contribution in [0.3, 0.4) is 0 Å². The van der Waals surface area contributed by atoms with Gasteiger partial charge in [-0.25, -0.2) is 9.69 Å². The smallest absolute Gasteiger partial charge is 0.325 e. The van der Waals surface area contributed by atoms with E-state index in [1.165, 1.54) is 37.8 Å². The minimum Gasteiger partial charge on any atom is -0.340 e. The number of hydrogen-bond acceptors (Lipinski definition) is 5. The summed E-state index contributed by atoms with van der Waals surface area (Å²) in [4.78, 5) is 33.6. The summed E-state index contributed by atoms with van der Waals surface area (Å²) >= 11 is 3.20. The highest BCUT2D eigenvalue weighted by Gasteiger charge is 2.41. The van der Waals surface area contributed by atoms with E-state index in [4.69, 9.17) is 0 Å². The molecule has 1 fully saturated rings. The topological polar surface area (TPSA) is 52.7 Å². The van der Waals surface area contributed by atoms with Crippen molar-refractivity contribution in [3.05, 3.63) is 125 Å². The average Bonchev–Trinajstić information content (AvgIpc) is 3.31. The van der Waals surface area contributed by atoms with Crippen LogP contribution in [0, 0.1) is 0 Å². The van der Waals surface area contributed by atoms with E-state index in [-0.39, 0.29) is 11.9 Å². The molecule has 4 aromatic rings. The predicted octanol–water partition coefficient (Wildman–Crippen LogP) is 7.70. The van der Waals surface area contributed by atoms with E-state index in [2.05, 4.69) is 58.7 Å². The van der Waals surface area contributed by atoms with Gasteiger partial charge < -0.3 is 10.2 Å². The van der Waals surface area contributed by atoms with Crippen LogP contribution < -0.4 is 10.2 Å². The highest BCUT2D eigenvalue weighted by molar-refractivity contribution is 8.04. The van der Waals surface area contributed by atoms with Crippen LogP contribution in [0.25, 0.3) is 6.08 Å². The number of nitrogens with zero attached hydrogens (tertiary/aromatic N) is 2. The summed E-state index contributed by atoms with van der Waals surface area (Å²) in [7, 11) is 0. The number of amides is 3. The third kappa shape index (κ3) is 5.33. The van der Waals surface area contributed by atoms with Crippen molar-refractivity contribution in [2.45, 2.75) is 21.6 Å². The first kappa shape index (κ1) is 25.3. The minimum atomic E-state index is -0.411. The van der Waals surface area contributed by atoms with Gasteiger partial charge >= 0.3 is 6.03 Å². The van der Waals surface area contributed by atoms with Gasteiger partial charge in [-0.05, 0) is 47.9 Å². The summed E-state index contributed by atoms with van der Waals surface area (Å²) in [5, 5.41) is 2.61. The molecule has 3 amide bonds. The van der Waals surface area contributed by atoms with Gasteiger partial charge in [0.15, 0.2) is 0 Å². The Morgan fingerprint density at radius 1 is 0.795 bits per heavy atom. The fourth-order valence-corrected chi connectivity index (χ4v) is 7.15. The van der Waals surface area contributed by atoms with E-state index in [1.54, 1.807) is 11.8 Å². The van der Waals surface area contributed by atoms with Gasteiger partial charge in [0.1, 0.15) is 5.37 Å². The molecule has 2 aliphatic heterocycles. The maximum atomic E-state index is 13.5. The SMILES string of the molecule is O=C(NCCCN1c2ccccc2Sc2ccccc21)N1C(=O)/C(=C\c2ccccc2)SC1c1ccccc1. The molecule has 1 saturated heterocycles. The Morgan fingerprint density at radius 3 is 2.05 bits per heavy atom. The van der Waals surface area contributed by atoms with Gasteiger partial charge in [-0.3, -0.25) is 4.79 Å². The van der Waals surface area contributed by atoms with E-state index in [1.807, 2.05) is 66.7 Å². The number of carbonyl (C=O) groups is 2. The standard InChI is InChI=1S/C32H27N3O2S2/c36-30-29(22-23-12-3-1-4-13-23)39-31(24-14-5-2-6-15-24)35(30)32(37)33-20-11-21-34-25-16-7-9-18-27(25)38-28-19-10-8-17-26(28)34/h1-10,12-19,22,31H,11,20-21H2,(H,33,37)/b29-22+. The van der Waals surface area contributed by atoms with Crippen LogP contribution in [0.5, 0.6) is 0 Å². The second-order valence-electron chi connectivity index (χ2n) is 9.25. The van der Waals surface area contributed by atoms with Crippen LogP contribution in [-0.2, 0) is 4.79 Å². The second kappa shape index (κ2) is 11.4. The molecule has 0 radical (unpaired) electrons. The summed E-state index contributed by atoms with van der Waals surface area (Å²) in [6, 6.07) is 35.9. The number of imide groups is 1. The summed E-state index contributed by atoms with van der Waals surface area (Å²) in [5.41, 5.74) is 4.21. The predicted molar refractivity (Wildman–Crippen MR) is 160 cm³/mol. The quantitative estimate of drug-likeness (QED) is 0.197. The van der Waals surface area contributed by atoms with Gasteiger partial charge in [-0.1, -0.05) is 108 Å². The van der Waals surface area contributed by atoms with Gasteiger partial charge in [-0.2, -0.15) is 0 Å². The number of nitrogens with one attached hydrogen (secondary N) is 1. The lowest BCUT2D eigenvalue weighted by molar-refractivity contribution is -0.123. The molecule has 4 aromatic carbocycles. The first-order valence-electron chi connectivity index (χ1n) is 12.9. The molecule has 1 N–H and O–H groups in total. The van der Waals surface area contributed by atoms with Crippen molar-refractivity contribution in [2.75, 3.05) is 18.0 Å². The van der Waals surface area contributed by atoms with Gasteiger partial charge in [0, 0.05) is 22.9 Å². The molecule has 194 valence electrons. The molecule has 2 aliphatic rings. The van der Waals surface area contributed by atoms with Crippen molar-refractivity contribution in [3.63, 3.8) is 0 Å². The number of carbonyl (C=O) groups excluding carboxylic acids is 2. The van der Waals surface area contributed by atoms with E-state index in [9.17, 15) is 9.59 Å². The van der Waals surface area contributed by atoms with E-state index in [0.717, 1.165) is 24.1 Å². The molecule has 2 heterocycles. The van der Waals surface area contributed by atoms with Crippen molar-refractivity contribution in [1.82, 2.24) is 10.2 Å². The fraction of sp³-hybridized carbons (Fsp3) is 0.125. The van der Waals surface area contributed by atoms with Crippen molar-refractivity contribution in [3.8, 4) is 0 Å². The number of urea groups is 1. The Bertz CT molecular complexity index is 1480. The molecule has 7 heteroatoms. The molecule has 0 spiro atoms. The van der Waals surface area contributed by atoms with E-state index >= 15 is 0 Å². The highest BCUT2D eigenvalue weighted by atomic mass is 32.2. The third-order valence-corrected chi connectivity index (χ3v) is 9.05. The molecule has 0 aromatic heterocycles. The number of hydrogen-bond donors (Lipinski definition) is 1. The second-order valence-corrected chi connectivity index (χ2v) is 11.5. The maximum Gasteiger partial charge on any atom is 0.325 e. The zero-order chi connectivity index (χ0) is 26.6. The number of anilines is 2. The van der Waals surface area contributed by atoms with Crippen LogP contribution >= 0.6 is 23.5 Å². The molecule has 0 bridgehead atoms. The fourth-order valence-electron chi connectivity index (χ4n) is 4.82. The monoisotopic (exact) mass is 549 g/mol. The van der Waals surface area contributed by atoms with Gasteiger partial charge in [0.2, 0.25) is 0 Å². The van der Waals surface area contributed by atoms with E-state index in [0.29, 0.717) is 11.4 Å². The Labute approximate surface area is 236 Å². The molecule has 0 saturated carbocycles. The lowest BCUT2D eigenvalue weighted by atomic mass is 10.2. The molecule has 1 atom stereocenters. The summed E-state index contributed by atoms with van der Waals surface area (Å²) in [6.07, 6.45) is 2.59. The molecular formula is C32H27N3O2S2. The zero-order valence-electron chi connectivity index (χ0n) is 21.2. The third-order valence-electron chi connectivity index (χ3n) is 6.67. The number of fused-ring (bicyclic) bond motifs is 2. The highest BCUT2D eigenvalue weighted by Crippen LogP contribution is 2.48. The molecule has 1 unspecified atom stereocenters. The molecular weight excluding hydrogens is 523 g/mol. The first-order chi connectivity index (χ1) is 19.2. The van der Waals surface area contributed by atoms with Crippen molar-refractivity contribution in [2.24, 2.45) is 0 Å². The number of thioether (sulfide) groups is 1. The van der Waals surface area contributed by atoms with Crippen LogP contribution in [0.15, 0.2) is 124 Å². The Morgan fingerprint density at radius 2 is 1.38 bits per heavy atom. The summed E-state index contributed by atoms with van der Waals surface area (Å²) in [5.74, 6) is -0.272.